The smallest absolute Gasteiger partial charge is 0.289 e. The molecule has 0 saturated carbocycles. The van der Waals surface area contributed by atoms with Crippen LogP contribution in [0.1, 0.15) is 44.7 Å². The maximum Gasteiger partial charge on any atom is 0.289 e. The molecule has 0 aliphatic heterocycles. The Morgan fingerprint density at radius 3 is 2.64 bits per heavy atom. The van der Waals surface area contributed by atoms with Gasteiger partial charge in [-0.2, -0.15) is 5.10 Å². The van der Waals surface area contributed by atoms with Gasteiger partial charge >= 0.3 is 0 Å². The Kier molecular flexibility index (Phi) is 7.82. The number of nitro groups is 1. The Hall–Kier alpha value is -1.68. The second-order valence-corrected chi connectivity index (χ2v) is 8.82. The Balaban J connectivity index is 2.18. The Bertz CT molecular complexity index is 909. The SMILES string of the molecule is CC(C)(C)n1ncc(OCc2ccc(CCCCI)c([N+](=O)[O-])c2)c(Cl)c1=O. The molecule has 0 bridgehead atoms. The van der Waals surface area contributed by atoms with Crippen molar-refractivity contribution in [2.45, 2.75) is 52.2 Å². The third-order valence-electron chi connectivity index (χ3n) is 4.09. The summed E-state index contributed by atoms with van der Waals surface area (Å²) in [6.45, 7) is 5.59. The van der Waals surface area contributed by atoms with Crippen LogP contribution in [0.4, 0.5) is 5.69 Å². The molecule has 0 aliphatic rings. The van der Waals surface area contributed by atoms with Gasteiger partial charge in [0.05, 0.1) is 16.7 Å². The zero-order valence-electron chi connectivity index (χ0n) is 16.1. The van der Waals surface area contributed by atoms with Crippen molar-refractivity contribution in [3.8, 4) is 5.75 Å². The van der Waals surface area contributed by atoms with Gasteiger partial charge < -0.3 is 4.74 Å². The molecule has 0 radical (unpaired) electrons. The highest BCUT2D eigenvalue weighted by Crippen LogP contribution is 2.25. The normalized spacial score (nSPS) is 11.5. The van der Waals surface area contributed by atoms with Crippen LogP contribution in [0.2, 0.25) is 5.02 Å². The summed E-state index contributed by atoms with van der Waals surface area (Å²) in [5, 5.41) is 15.4. The second kappa shape index (κ2) is 9.69. The Labute approximate surface area is 182 Å². The van der Waals surface area contributed by atoms with Crippen LogP contribution >= 0.6 is 34.2 Å². The van der Waals surface area contributed by atoms with E-state index in [0.29, 0.717) is 17.5 Å². The molecule has 0 N–H and O–H groups in total. The number of hydrogen-bond acceptors (Lipinski definition) is 5. The summed E-state index contributed by atoms with van der Waals surface area (Å²) in [5.41, 5.74) is 0.476. The predicted molar refractivity (Wildman–Crippen MR) is 118 cm³/mol. The van der Waals surface area contributed by atoms with Crippen molar-refractivity contribution in [2.24, 2.45) is 0 Å². The van der Waals surface area contributed by atoms with Gasteiger partial charge in [-0.05, 0) is 50.0 Å². The monoisotopic (exact) mass is 519 g/mol. The van der Waals surface area contributed by atoms with Gasteiger partial charge in [-0.15, -0.1) is 0 Å². The number of alkyl halides is 1. The third-order valence-corrected chi connectivity index (χ3v) is 5.20. The van der Waals surface area contributed by atoms with Crippen molar-refractivity contribution in [1.29, 1.82) is 0 Å². The molecule has 152 valence electrons. The fourth-order valence-electron chi connectivity index (χ4n) is 2.65. The van der Waals surface area contributed by atoms with E-state index in [-0.39, 0.29) is 28.0 Å². The zero-order valence-corrected chi connectivity index (χ0v) is 19.0. The molecule has 2 aromatic rings. The number of nitro benzene ring substituents is 1. The summed E-state index contributed by atoms with van der Waals surface area (Å²) in [7, 11) is 0. The first-order chi connectivity index (χ1) is 13.1. The van der Waals surface area contributed by atoms with Crippen LogP contribution in [-0.4, -0.2) is 19.1 Å². The molecule has 0 fully saturated rings. The van der Waals surface area contributed by atoms with Crippen LogP contribution in [0.3, 0.4) is 0 Å². The van der Waals surface area contributed by atoms with Gasteiger partial charge in [-0.3, -0.25) is 14.9 Å². The van der Waals surface area contributed by atoms with Crippen molar-refractivity contribution < 1.29 is 9.66 Å². The molecule has 2 rings (SSSR count). The molecule has 0 spiro atoms. The topological polar surface area (TPSA) is 87.3 Å². The van der Waals surface area contributed by atoms with E-state index in [0.717, 1.165) is 17.3 Å². The maximum absolute atomic E-state index is 12.4. The molecule has 1 aromatic heterocycles. The van der Waals surface area contributed by atoms with E-state index < -0.39 is 11.1 Å². The summed E-state index contributed by atoms with van der Waals surface area (Å²) in [5.74, 6) is 0.154. The van der Waals surface area contributed by atoms with Gasteiger partial charge in [-0.25, -0.2) is 4.68 Å². The van der Waals surface area contributed by atoms with Crippen molar-refractivity contribution in [2.75, 3.05) is 4.43 Å². The van der Waals surface area contributed by atoms with Gasteiger partial charge in [0.15, 0.2) is 10.8 Å². The highest BCUT2D eigenvalue weighted by molar-refractivity contribution is 14.1. The van der Waals surface area contributed by atoms with Gasteiger partial charge in [0, 0.05) is 11.6 Å². The van der Waals surface area contributed by atoms with E-state index in [9.17, 15) is 14.9 Å². The standard InChI is InChI=1S/C19H23ClIN3O4/c1-19(2,3)23-18(25)17(20)16(11-22-23)28-12-13-7-8-14(6-4-5-9-21)15(10-13)24(26)27/h7-8,10-11H,4-6,9,12H2,1-3H3. The number of halogens is 2. The van der Waals surface area contributed by atoms with Gasteiger partial charge in [0.1, 0.15) is 6.61 Å². The van der Waals surface area contributed by atoms with Crippen LogP contribution in [0.25, 0.3) is 0 Å². The number of unbranched alkanes of at least 4 members (excludes halogenated alkanes) is 1. The number of nitrogens with zero attached hydrogens (tertiary/aromatic N) is 3. The molecule has 1 heterocycles. The quantitative estimate of drug-likeness (QED) is 0.163. The van der Waals surface area contributed by atoms with Crippen molar-refractivity contribution in [3.63, 3.8) is 0 Å². The average Bonchev–Trinajstić information content (AvgIpc) is 2.62. The summed E-state index contributed by atoms with van der Waals surface area (Å²) < 4.78 is 7.93. The van der Waals surface area contributed by atoms with Crippen LogP contribution in [-0.2, 0) is 18.6 Å². The van der Waals surface area contributed by atoms with E-state index in [4.69, 9.17) is 16.3 Å². The third kappa shape index (κ3) is 5.66. The lowest BCUT2D eigenvalue weighted by molar-refractivity contribution is -0.385. The van der Waals surface area contributed by atoms with Crippen LogP contribution in [0.15, 0.2) is 29.2 Å². The minimum Gasteiger partial charge on any atom is -0.485 e. The number of hydrogen-bond donors (Lipinski definition) is 0. The first-order valence-electron chi connectivity index (χ1n) is 8.88. The molecule has 9 heteroatoms. The van der Waals surface area contributed by atoms with Crippen molar-refractivity contribution in [3.05, 3.63) is 61.0 Å². The number of ether oxygens (including phenoxy) is 1. The lowest BCUT2D eigenvalue weighted by Gasteiger charge is -2.21. The fraction of sp³-hybridized carbons (Fsp3) is 0.474. The van der Waals surface area contributed by atoms with E-state index in [1.54, 1.807) is 12.1 Å². The molecule has 28 heavy (non-hydrogen) atoms. The Morgan fingerprint density at radius 1 is 1.32 bits per heavy atom. The van der Waals surface area contributed by atoms with Gasteiger partial charge in [-0.1, -0.05) is 46.3 Å². The molecular weight excluding hydrogens is 497 g/mol. The average molecular weight is 520 g/mol. The highest BCUT2D eigenvalue weighted by atomic mass is 127. The van der Waals surface area contributed by atoms with E-state index in [1.165, 1.54) is 16.9 Å². The molecule has 0 unspecified atom stereocenters. The summed E-state index contributed by atoms with van der Waals surface area (Å²) in [6, 6.07) is 5.07. The molecule has 0 atom stereocenters. The minimum absolute atomic E-state index is 0.0508. The molecule has 1 aromatic carbocycles. The van der Waals surface area contributed by atoms with Crippen molar-refractivity contribution in [1.82, 2.24) is 9.78 Å². The first-order valence-corrected chi connectivity index (χ1v) is 10.8. The predicted octanol–water partition coefficient (Wildman–Crippen LogP) is 4.90. The number of aryl methyl sites for hydroxylation is 1. The molecule has 0 amide bonds. The number of aromatic nitrogens is 2. The minimum atomic E-state index is -0.507. The molecular formula is C19H23ClIN3O4. The van der Waals surface area contributed by atoms with Crippen LogP contribution in [0.5, 0.6) is 5.75 Å². The number of rotatable bonds is 8. The maximum atomic E-state index is 12.4. The zero-order chi connectivity index (χ0) is 20.9. The summed E-state index contributed by atoms with van der Waals surface area (Å²) in [4.78, 5) is 23.4. The van der Waals surface area contributed by atoms with Gasteiger partial charge in [0.2, 0.25) is 0 Å². The van der Waals surface area contributed by atoms with Gasteiger partial charge in [0.25, 0.3) is 11.2 Å². The summed E-state index contributed by atoms with van der Waals surface area (Å²) in [6.07, 6.45) is 3.99. The number of benzene rings is 1. The van der Waals surface area contributed by atoms with Crippen LogP contribution in [0, 0.1) is 10.1 Å². The van der Waals surface area contributed by atoms with Crippen molar-refractivity contribution >= 4 is 39.9 Å². The second-order valence-electron chi connectivity index (χ2n) is 7.37. The molecule has 7 nitrogen and oxygen atoms in total. The lowest BCUT2D eigenvalue weighted by atomic mass is 10.0. The lowest BCUT2D eigenvalue weighted by Crippen LogP contribution is -2.36. The molecule has 0 aliphatic carbocycles. The van der Waals surface area contributed by atoms with E-state index >= 15 is 0 Å². The fourth-order valence-corrected chi connectivity index (χ4v) is 3.37. The largest absolute Gasteiger partial charge is 0.485 e. The first kappa shape index (κ1) is 22.6. The Morgan fingerprint density at radius 2 is 2.04 bits per heavy atom. The van der Waals surface area contributed by atoms with Crippen LogP contribution < -0.4 is 10.3 Å². The summed E-state index contributed by atoms with van der Waals surface area (Å²) >= 11 is 8.44. The highest BCUT2D eigenvalue weighted by Gasteiger charge is 2.20. The van der Waals surface area contributed by atoms with E-state index in [1.807, 2.05) is 20.8 Å². The molecule has 0 saturated heterocycles. The van der Waals surface area contributed by atoms with E-state index in [2.05, 4.69) is 27.7 Å².